The second-order valence-electron chi connectivity index (χ2n) is 9.76. The topological polar surface area (TPSA) is 0 Å². The molecular formula is C33H26. The van der Waals surface area contributed by atoms with Gasteiger partial charge in [0.15, 0.2) is 0 Å². The number of allylic oxidation sites excluding steroid dienone is 4. The van der Waals surface area contributed by atoms with Gasteiger partial charge >= 0.3 is 0 Å². The van der Waals surface area contributed by atoms with Crippen LogP contribution in [0.3, 0.4) is 0 Å². The molecule has 158 valence electrons. The first-order chi connectivity index (χ1) is 16.2. The summed E-state index contributed by atoms with van der Waals surface area (Å²) >= 11 is 0. The molecule has 0 saturated carbocycles. The molecular weight excluding hydrogens is 396 g/mol. The molecule has 0 amide bonds. The Morgan fingerprint density at radius 3 is 1.79 bits per heavy atom. The molecule has 0 heteroatoms. The number of fused-ring (bicyclic) bond motifs is 10. The van der Waals surface area contributed by atoms with Gasteiger partial charge in [0.05, 0.1) is 5.41 Å². The van der Waals surface area contributed by atoms with Crippen molar-refractivity contribution < 1.29 is 0 Å². The molecule has 33 heavy (non-hydrogen) atoms. The number of aryl methyl sites for hydroxylation is 1. The molecule has 2 unspecified atom stereocenters. The van der Waals surface area contributed by atoms with Crippen molar-refractivity contribution in [3.05, 3.63) is 148 Å². The van der Waals surface area contributed by atoms with E-state index in [2.05, 4.69) is 123 Å². The first kappa shape index (κ1) is 18.9. The molecule has 0 radical (unpaired) electrons. The van der Waals surface area contributed by atoms with Gasteiger partial charge in [0.1, 0.15) is 0 Å². The standard InChI is InChI=1S/C33H26/c1-21-11-3-4-12-23(21)31-22(2)19-20-30-32(31)26-15-7-10-18-29(26)33(30)27-16-8-5-13-24(27)25-14-6-9-17-28(25)33/h3-20,30,32H,1-2H3. The van der Waals surface area contributed by atoms with Gasteiger partial charge in [-0.1, -0.05) is 109 Å². The minimum atomic E-state index is -0.153. The molecule has 7 rings (SSSR count). The Labute approximate surface area is 195 Å². The maximum Gasteiger partial charge on any atom is 0.0538 e. The zero-order valence-corrected chi connectivity index (χ0v) is 19.0. The minimum absolute atomic E-state index is 0.153. The molecule has 0 heterocycles. The van der Waals surface area contributed by atoms with Crippen LogP contribution in [0.5, 0.6) is 0 Å². The summed E-state index contributed by atoms with van der Waals surface area (Å²) in [6, 6.07) is 36.3. The Bertz CT molecular complexity index is 1450. The second-order valence-corrected chi connectivity index (χ2v) is 9.76. The van der Waals surface area contributed by atoms with E-state index < -0.39 is 0 Å². The highest BCUT2D eigenvalue weighted by Gasteiger charge is 2.58. The lowest BCUT2D eigenvalue weighted by Gasteiger charge is -2.38. The number of benzene rings is 4. The SMILES string of the molecule is CC1=C(c2ccccc2C)C2c3ccccc3C3(c4ccccc4-c4ccccc43)C2C=C1. The Hall–Kier alpha value is -3.64. The van der Waals surface area contributed by atoms with E-state index in [0.717, 1.165) is 0 Å². The summed E-state index contributed by atoms with van der Waals surface area (Å²) in [7, 11) is 0. The lowest BCUT2D eigenvalue weighted by atomic mass is 9.63. The molecule has 0 fully saturated rings. The summed E-state index contributed by atoms with van der Waals surface area (Å²) in [6.07, 6.45) is 4.90. The normalized spacial score (nSPS) is 21.0. The molecule has 0 N–H and O–H groups in total. The van der Waals surface area contributed by atoms with E-state index in [0.29, 0.717) is 11.8 Å². The van der Waals surface area contributed by atoms with E-state index in [9.17, 15) is 0 Å². The third-order valence-corrected chi connectivity index (χ3v) is 8.30. The Morgan fingerprint density at radius 1 is 0.576 bits per heavy atom. The zero-order valence-electron chi connectivity index (χ0n) is 19.0. The van der Waals surface area contributed by atoms with Crippen molar-refractivity contribution in [1.82, 2.24) is 0 Å². The van der Waals surface area contributed by atoms with Gasteiger partial charge in [0, 0.05) is 11.8 Å². The summed E-state index contributed by atoms with van der Waals surface area (Å²) in [5.41, 5.74) is 14.1. The fraction of sp³-hybridized carbons (Fsp3) is 0.152. The second kappa shape index (κ2) is 6.68. The van der Waals surface area contributed by atoms with E-state index in [1.165, 1.54) is 55.7 Å². The van der Waals surface area contributed by atoms with Crippen LogP contribution in [-0.2, 0) is 5.41 Å². The monoisotopic (exact) mass is 422 g/mol. The van der Waals surface area contributed by atoms with Crippen LogP contribution < -0.4 is 0 Å². The van der Waals surface area contributed by atoms with Crippen molar-refractivity contribution in [3.63, 3.8) is 0 Å². The van der Waals surface area contributed by atoms with Crippen molar-refractivity contribution in [2.75, 3.05) is 0 Å². The van der Waals surface area contributed by atoms with E-state index >= 15 is 0 Å². The van der Waals surface area contributed by atoms with Gasteiger partial charge in [-0.15, -0.1) is 0 Å². The fourth-order valence-electron chi connectivity index (χ4n) is 7.10. The van der Waals surface area contributed by atoms with Gasteiger partial charge in [-0.25, -0.2) is 0 Å². The lowest BCUT2D eigenvalue weighted by Crippen LogP contribution is -2.33. The summed E-state index contributed by atoms with van der Waals surface area (Å²) in [5, 5.41) is 0. The van der Waals surface area contributed by atoms with Crippen LogP contribution in [0.25, 0.3) is 16.7 Å². The van der Waals surface area contributed by atoms with Crippen LogP contribution >= 0.6 is 0 Å². The Kier molecular flexibility index (Phi) is 3.82. The zero-order chi connectivity index (χ0) is 22.2. The van der Waals surface area contributed by atoms with Crippen molar-refractivity contribution >= 4 is 5.57 Å². The molecule has 4 aromatic carbocycles. The van der Waals surface area contributed by atoms with E-state index in [1.54, 1.807) is 0 Å². The summed E-state index contributed by atoms with van der Waals surface area (Å²) in [4.78, 5) is 0. The molecule has 3 aliphatic rings. The van der Waals surface area contributed by atoms with Crippen LogP contribution in [0.15, 0.2) is 115 Å². The first-order valence-corrected chi connectivity index (χ1v) is 12.0. The fourth-order valence-corrected chi connectivity index (χ4v) is 7.10. The van der Waals surface area contributed by atoms with Crippen LogP contribution in [0.4, 0.5) is 0 Å². The maximum atomic E-state index is 2.51. The number of hydrogen-bond donors (Lipinski definition) is 0. The van der Waals surface area contributed by atoms with Crippen LogP contribution in [0.2, 0.25) is 0 Å². The van der Waals surface area contributed by atoms with Gasteiger partial charge in [-0.2, -0.15) is 0 Å². The highest BCUT2D eigenvalue weighted by atomic mass is 14.6. The minimum Gasteiger partial charge on any atom is -0.0786 e. The highest BCUT2D eigenvalue weighted by molar-refractivity contribution is 5.89. The largest absolute Gasteiger partial charge is 0.0786 e. The highest BCUT2D eigenvalue weighted by Crippen LogP contribution is 2.67. The summed E-state index contributed by atoms with van der Waals surface area (Å²) < 4.78 is 0. The van der Waals surface area contributed by atoms with Crippen molar-refractivity contribution in [3.8, 4) is 11.1 Å². The predicted octanol–water partition coefficient (Wildman–Crippen LogP) is 8.07. The average molecular weight is 423 g/mol. The third-order valence-electron chi connectivity index (χ3n) is 8.30. The summed E-state index contributed by atoms with van der Waals surface area (Å²) in [6.45, 7) is 4.54. The van der Waals surface area contributed by atoms with Gasteiger partial charge in [0.2, 0.25) is 0 Å². The molecule has 0 saturated heterocycles. The molecule has 0 nitrogen and oxygen atoms in total. The van der Waals surface area contributed by atoms with Gasteiger partial charge in [-0.05, 0) is 69.5 Å². The lowest BCUT2D eigenvalue weighted by molar-refractivity contribution is 0.470. The van der Waals surface area contributed by atoms with E-state index in [1.807, 2.05) is 0 Å². The van der Waals surface area contributed by atoms with Crippen molar-refractivity contribution in [2.45, 2.75) is 25.2 Å². The van der Waals surface area contributed by atoms with Gasteiger partial charge in [0.25, 0.3) is 0 Å². The number of rotatable bonds is 1. The molecule has 1 spiro atoms. The molecule has 4 aromatic rings. The van der Waals surface area contributed by atoms with Crippen LogP contribution in [-0.4, -0.2) is 0 Å². The Morgan fingerprint density at radius 2 is 1.12 bits per heavy atom. The Balaban J connectivity index is 1.59. The van der Waals surface area contributed by atoms with E-state index in [4.69, 9.17) is 0 Å². The molecule has 0 aromatic heterocycles. The van der Waals surface area contributed by atoms with Gasteiger partial charge < -0.3 is 0 Å². The molecule has 3 aliphatic carbocycles. The van der Waals surface area contributed by atoms with Crippen LogP contribution in [0.1, 0.15) is 46.2 Å². The molecule has 0 bridgehead atoms. The van der Waals surface area contributed by atoms with Gasteiger partial charge in [-0.3, -0.25) is 0 Å². The van der Waals surface area contributed by atoms with E-state index in [-0.39, 0.29) is 5.41 Å². The third kappa shape index (κ3) is 2.26. The van der Waals surface area contributed by atoms with Crippen LogP contribution in [0, 0.1) is 12.8 Å². The molecule has 2 atom stereocenters. The van der Waals surface area contributed by atoms with Crippen molar-refractivity contribution in [2.24, 2.45) is 5.92 Å². The average Bonchev–Trinajstić information content (AvgIpc) is 3.32. The smallest absolute Gasteiger partial charge is 0.0538 e. The summed E-state index contributed by atoms with van der Waals surface area (Å²) in [5.74, 6) is 0.685. The molecule has 0 aliphatic heterocycles. The first-order valence-electron chi connectivity index (χ1n) is 12.0. The number of hydrogen-bond acceptors (Lipinski definition) is 0. The maximum absolute atomic E-state index is 2.51. The quantitative estimate of drug-likeness (QED) is 0.291. The predicted molar refractivity (Wildman–Crippen MR) is 137 cm³/mol. The van der Waals surface area contributed by atoms with Crippen molar-refractivity contribution in [1.29, 1.82) is 0 Å².